The Morgan fingerprint density at radius 2 is 1.96 bits per heavy atom. The SMILES string of the molecule is O=C(c1ccsc1)N1CC[C@@]2(CC(=O)N(c3ccccc3)C2)C1. The van der Waals surface area contributed by atoms with Gasteiger partial charge in [-0.2, -0.15) is 11.3 Å². The quantitative estimate of drug-likeness (QED) is 0.851. The van der Waals surface area contributed by atoms with E-state index in [1.165, 1.54) is 11.3 Å². The van der Waals surface area contributed by atoms with Crippen LogP contribution in [0, 0.1) is 5.41 Å². The minimum atomic E-state index is -0.0847. The van der Waals surface area contributed by atoms with Crippen LogP contribution in [0.5, 0.6) is 0 Å². The van der Waals surface area contributed by atoms with Crippen LogP contribution in [0.1, 0.15) is 23.2 Å². The van der Waals surface area contributed by atoms with Crippen LogP contribution in [-0.2, 0) is 4.79 Å². The summed E-state index contributed by atoms with van der Waals surface area (Å²) in [6.45, 7) is 2.13. The second-order valence-corrected chi connectivity index (χ2v) is 7.26. The molecule has 0 saturated carbocycles. The van der Waals surface area contributed by atoms with E-state index in [1.807, 2.05) is 57.0 Å². The Morgan fingerprint density at radius 1 is 1.13 bits per heavy atom. The van der Waals surface area contributed by atoms with Crippen molar-refractivity contribution in [3.63, 3.8) is 0 Å². The molecule has 2 aliphatic rings. The monoisotopic (exact) mass is 326 g/mol. The fourth-order valence-corrected chi connectivity index (χ4v) is 4.32. The van der Waals surface area contributed by atoms with Crippen LogP contribution in [-0.4, -0.2) is 36.3 Å². The number of rotatable bonds is 2. The maximum atomic E-state index is 12.5. The van der Waals surface area contributed by atoms with E-state index in [0.717, 1.165) is 24.2 Å². The van der Waals surface area contributed by atoms with Crippen molar-refractivity contribution in [2.75, 3.05) is 24.5 Å². The van der Waals surface area contributed by atoms with Crippen LogP contribution in [0.2, 0.25) is 0 Å². The van der Waals surface area contributed by atoms with Gasteiger partial charge in [0.25, 0.3) is 5.91 Å². The first-order chi connectivity index (χ1) is 11.2. The highest BCUT2D eigenvalue weighted by Gasteiger charge is 2.48. The Kier molecular flexibility index (Phi) is 3.45. The molecular weight excluding hydrogens is 308 g/mol. The van der Waals surface area contributed by atoms with Crippen LogP contribution >= 0.6 is 11.3 Å². The molecule has 2 fully saturated rings. The number of thiophene rings is 1. The van der Waals surface area contributed by atoms with Gasteiger partial charge in [-0.05, 0) is 30.0 Å². The maximum Gasteiger partial charge on any atom is 0.254 e. The fourth-order valence-electron chi connectivity index (χ4n) is 3.69. The number of hydrogen-bond donors (Lipinski definition) is 0. The molecule has 0 radical (unpaired) electrons. The molecule has 0 N–H and O–H groups in total. The summed E-state index contributed by atoms with van der Waals surface area (Å²) in [4.78, 5) is 28.8. The van der Waals surface area contributed by atoms with Gasteiger partial charge in [0.15, 0.2) is 0 Å². The molecule has 0 aliphatic carbocycles. The minimum absolute atomic E-state index is 0.0847. The topological polar surface area (TPSA) is 40.6 Å². The first-order valence-electron chi connectivity index (χ1n) is 7.84. The molecule has 1 spiro atoms. The highest BCUT2D eigenvalue weighted by Crippen LogP contribution is 2.42. The number of carbonyl (C=O) groups excluding carboxylic acids is 2. The average Bonchev–Trinajstić information content (AvgIpc) is 3.29. The molecule has 0 unspecified atom stereocenters. The zero-order valence-corrected chi connectivity index (χ0v) is 13.6. The molecule has 2 aliphatic heterocycles. The third-order valence-electron chi connectivity index (χ3n) is 4.88. The first kappa shape index (κ1) is 14.5. The number of carbonyl (C=O) groups is 2. The van der Waals surface area contributed by atoms with Gasteiger partial charge < -0.3 is 9.80 Å². The third kappa shape index (κ3) is 2.55. The van der Waals surface area contributed by atoms with E-state index in [0.29, 0.717) is 19.5 Å². The lowest BCUT2D eigenvalue weighted by Crippen LogP contribution is -2.34. The van der Waals surface area contributed by atoms with Crippen LogP contribution < -0.4 is 4.90 Å². The fraction of sp³-hybridized carbons (Fsp3) is 0.333. The number of benzene rings is 1. The largest absolute Gasteiger partial charge is 0.338 e. The molecule has 118 valence electrons. The highest BCUT2D eigenvalue weighted by atomic mass is 32.1. The van der Waals surface area contributed by atoms with E-state index in [2.05, 4.69) is 0 Å². The zero-order chi connectivity index (χ0) is 15.9. The molecule has 2 saturated heterocycles. The van der Waals surface area contributed by atoms with E-state index in [-0.39, 0.29) is 17.2 Å². The van der Waals surface area contributed by atoms with Crippen LogP contribution in [0.25, 0.3) is 0 Å². The summed E-state index contributed by atoms with van der Waals surface area (Å²) in [7, 11) is 0. The second-order valence-electron chi connectivity index (χ2n) is 6.48. The Morgan fingerprint density at radius 3 is 2.70 bits per heavy atom. The van der Waals surface area contributed by atoms with E-state index in [1.54, 1.807) is 0 Å². The molecule has 0 bridgehead atoms. The number of nitrogens with zero attached hydrogens (tertiary/aromatic N) is 2. The number of para-hydroxylation sites is 1. The lowest BCUT2D eigenvalue weighted by atomic mass is 9.86. The van der Waals surface area contributed by atoms with Gasteiger partial charge in [-0.15, -0.1) is 0 Å². The summed E-state index contributed by atoms with van der Waals surface area (Å²) in [6, 6.07) is 11.7. The van der Waals surface area contributed by atoms with Crippen molar-refractivity contribution in [2.45, 2.75) is 12.8 Å². The van der Waals surface area contributed by atoms with Gasteiger partial charge in [0, 0.05) is 42.5 Å². The number of anilines is 1. The van der Waals surface area contributed by atoms with Crippen molar-refractivity contribution in [1.29, 1.82) is 0 Å². The summed E-state index contributed by atoms with van der Waals surface area (Å²) in [5, 5.41) is 3.82. The molecular formula is C18H18N2O2S. The molecule has 23 heavy (non-hydrogen) atoms. The van der Waals surface area contributed by atoms with Crippen molar-refractivity contribution < 1.29 is 9.59 Å². The van der Waals surface area contributed by atoms with Gasteiger partial charge in [0.2, 0.25) is 5.91 Å². The molecule has 1 aromatic carbocycles. The predicted octanol–water partition coefficient (Wildman–Crippen LogP) is 3.02. The Labute approximate surface area is 139 Å². The van der Waals surface area contributed by atoms with Gasteiger partial charge >= 0.3 is 0 Å². The number of hydrogen-bond acceptors (Lipinski definition) is 3. The lowest BCUT2D eigenvalue weighted by molar-refractivity contribution is -0.117. The molecule has 4 nitrogen and oxygen atoms in total. The molecule has 1 aromatic heterocycles. The summed E-state index contributed by atoms with van der Waals surface area (Å²) < 4.78 is 0. The van der Waals surface area contributed by atoms with Crippen molar-refractivity contribution in [3.05, 3.63) is 52.7 Å². The Bertz CT molecular complexity index is 729. The second kappa shape index (κ2) is 5.49. The smallest absolute Gasteiger partial charge is 0.254 e. The molecule has 5 heteroatoms. The summed E-state index contributed by atoms with van der Waals surface area (Å²) in [5.74, 6) is 0.259. The molecule has 2 amide bonds. The van der Waals surface area contributed by atoms with Gasteiger partial charge in [-0.25, -0.2) is 0 Å². The van der Waals surface area contributed by atoms with Crippen molar-refractivity contribution in [2.24, 2.45) is 5.41 Å². The van der Waals surface area contributed by atoms with Crippen LogP contribution in [0.3, 0.4) is 0 Å². The summed E-state index contributed by atoms with van der Waals surface area (Å²) in [6.07, 6.45) is 1.44. The Balaban J connectivity index is 1.51. The van der Waals surface area contributed by atoms with Crippen LogP contribution in [0.4, 0.5) is 5.69 Å². The van der Waals surface area contributed by atoms with E-state index in [9.17, 15) is 9.59 Å². The molecule has 4 rings (SSSR count). The third-order valence-corrected chi connectivity index (χ3v) is 5.57. The molecule has 2 aromatic rings. The zero-order valence-electron chi connectivity index (χ0n) is 12.8. The van der Waals surface area contributed by atoms with Gasteiger partial charge in [-0.3, -0.25) is 9.59 Å². The standard InChI is InChI=1S/C18H18N2O2S/c21-16-10-18(13-20(16)15-4-2-1-3-5-15)7-8-19(12-18)17(22)14-6-9-23-11-14/h1-6,9,11H,7-8,10,12-13H2/t18-/m1/s1. The van der Waals surface area contributed by atoms with Crippen molar-refractivity contribution in [1.82, 2.24) is 4.90 Å². The van der Waals surface area contributed by atoms with Crippen molar-refractivity contribution >= 4 is 28.8 Å². The lowest BCUT2D eigenvalue weighted by Gasteiger charge is -2.24. The van der Waals surface area contributed by atoms with E-state index < -0.39 is 0 Å². The Hall–Kier alpha value is -2.14. The van der Waals surface area contributed by atoms with Gasteiger partial charge in [-0.1, -0.05) is 18.2 Å². The van der Waals surface area contributed by atoms with Gasteiger partial charge in [0.1, 0.15) is 0 Å². The van der Waals surface area contributed by atoms with Crippen LogP contribution in [0.15, 0.2) is 47.2 Å². The number of amides is 2. The maximum absolute atomic E-state index is 12.5. The summed E-state index contributed by atoms with van der Waals surface area (Å²) in [5.41, 5.74) is 1.63. The number of likely N-dealkylation sites (tertiary alicyclic amines) is 1. The predicted molar refractivity (Wildman–Crippen MR) is 90.7 cm³/mol. The van der Waals surface area contributed by atoms with E-state index >= 15 is 0 Å². The van der Waals surface area contributed by atoms with E-state index in [4.69, 9.17) is 0 Å². The summed E-state index contributed by atoms with van der Waals surface area (Å²) >= 11 is 1.54. The minimum Gasteiger partial charge on any atom is -0.338 e. The molecule has 1 atom stereocenters. The molecule has 3 heterocycles. The normalized spacial score (nSPS) is 23.9. The highest BCUT2D eigenvalue weighted by molar-refractivity contribution is 7.08. The first-order valence-corrected chi connectivity index (χ1v) is 8.78. The van der Waals surface area contributed by atoms with Gasteiger partial charge in [0.05, 0.1) is 5.56 Å². The average molecular weight is 326 g/mol. The van der Waals surface area contributed by atoms with Crippen molar-refractivity contribution in [3.8, 4) is 0 Å².